The largest absolute Gasteiger partial charge is 0.267 e. The Morgan fingerprint density at radius 3 is 2.38 bits per heavy atom. The quantitative estimate of drug-likeness (QED) is 0.646. The minimum atomic E-state index is 0.185. The third kappa shape index (κ3) is 1.62. The fourth-order valence-corrected chi connectivity index (χ4v) is 1.54. The van der Waals surface area contributed by atoms with Gasteiger partial charge < -0.3 is 0 Å². The lowest BCUT2D eigenvalue weighted by Crippen LogP contribution is -2.12. The number of rotatable bonds is 1. The predicted molar refractivity (Wildman–Crippen MR) is 53.9 cm³/mol. The van der Waals surface area contributed by atoms with Gasteiger partial charge >= 0.3 is 0 Å². The first-order chi connectivity index (χ1) is 5.98. The number of aromatic nitrogens is 2. The van der Waals surface area contributed by atoms with Crippen molar-refractivity contribution >= 4 is 0 Å². The highest BCUT2D eigenvalue weighted by Crippen LogP contribution is 2.36. The minimum absolute atomic E-state index is 0.185. The minimum Gasteiger partial charge on any atom is -0.267 e. The van der Waals surface area contributed by atoms with Gasteiger partial charge in [-0.25, -0.2) is 0 Å². The van der Waals surface area contributed by atoms with Crippen LogP contribution in [0.4, 0.5) is 0 Å². The SMILES string of the molecule is Cc1cc(C(C)(C)C)nn1C1CC1. The summed E-state index contributed by atoms with van der Waals surface area (Å²) < 4.78 is 2.20. The van der Waals surface area contributed by atoms with Crippen molar-refractivity contribution in [2.75, 3.05) is 0 Å². The van der Waals surface area contributed by atoms with Crippen LogP contribution in [0.25, 0.3) is 0 Å². The molecule has 0 unspecified atom stereocenters. The van der Waals surface area contributed by atoms with Gasteiger partial charge in [-0.15, -0.1) is 0 Å². The van der Waals surface area contributed by atoms with Crippen molar-refractivity contribution < 1.29 is 0 Å². The summed E-state index contributed by atoms with van der Waals surface area (Å²) in [4.78, 5) is 0. The van der Waals surface area contributed by atoms with E-state index in [1.165, 1.54) is 24.2 Å². The Bertz CT molecular complexity index is 313. The molecule has 2 rings (SSSR count). The first kappa shape index (κ1) is 8.79. The number of aryl methyl sites for hydroxylation is 1. The number of hydrogen-bond donors (Lipinski definition) is 0. The van der Waals surface area contributed by atoms with E-state index >= 15 is 0 Å². The summed E-state index contributed by atoms with van der Waals surface area (Å²) in [5.74, 6) is 0. The van der Waals surface area contributed by atoms with E-state index in [1.807, 2.05) is 0 Å². The zero-order chi connectivity index (χ0) is 9.64. The van der Waals surface area contributed by atoms with E-state index < -0.39 is 0 Å². The Balaban J connectivity index is 2.34. The van der Waals surface area contributed by atoms with Gasteiger partial charge in [0, 0.05) is 11.1 Å². The first-order valence-corrected chi connectivity index (χ1v) is 5.05. The second-order valence-electron chi connectivity index (χ2n) is 5.10. The molecule has 13 heavy (non-hydrogen) atoms. The molecule has 1 aliphatic carbocycles. The molecule has 0 spiro atoms. The molecular weight excluding hydrogens is 160 g/mol. The van der Waals surface area contributed by atoms with E-state index in [-0.39, 0.29) is 5.41 Å². The van der Waals surface area contributed by atoms with Crippen molar-refractivity contribution in [2.45, 2.75) is 52.0 Å². The second-order valence-corrected chi connectivity index (χ2v) is 5.10. The molecule has 0 saturated heterocycles. The molecule has 1 saturated carbocycles. The summed E-state index contributed by atoms with van der Waals surface area (Å²) in [7, 11) is 0. The summed E-state index contributed by atoms with van der Waals surface area (Å²) in [6.07, 6.45) is 2.62. The van der Waals surface area contributed by atoms with Gasteiger partial charge in [0.05, 0.1) is 11.7 Å². The van der Waals surface area contributed by atoms with E-state index in [0.717, 1.165) is 0 Å². The van der Waals surface area contributed by atoms with Crippen LogP contribution >= 0.6 is 0 Å². The zero-order valence-electron chi connectivity index (χ0n) is 8.96. The number of nitrogens with zero attached hydrogens (tertiary/aromatic N) is 2. The Morgan fingerprint density at radius 1 is 1.38 bits per heavy atom. The molecule has 2 heteroatoms. The van der Waals surface area contributed by atoms with Gasteiger partial charge in [-0.05, 0) is 25.8 Å². The monoisotopic (exact) mass is 178 g/mol. The molecule has 0 bridgehead atoms. The molecule has 0 N–H and O–H groups in total. The summed E-state index contributed by atoms with van der Waals surface area (Å²) in [6, 6.07) is 2.93. The molecule has 1 aromatic heterocycles. The van der Waals surface area contributed by atoms with E-state index in [1.54, 1.807) is 0 Å². The van der Waals surface area contributed by atoms with Crippen molar-refractivity contribution in [1.82, 2.24) is 9.78 Å². The summed E-state index contributed by atoms with van der Waals surface area (Å²) in [6.45, 7) is 8.80. The average molecular weight is 178 g/mol. The molecule has 0 aliphatic heterocycles. The van der Waals surface area contributed by atoms with Crippen molar-refractivity contribution in [2.24, 2.45) is 0 Å². The molecule has 0 radical (unpaired) electrons. The molecule has 1 heterocycles. The first-order valence-electron chi connectivity index (χ1n) is 5.05. The van der Waals surface area contributed by atoms with Crippen LogP contribution in [0.2, 0.25) is 0 Å². The van der Waals surface area contributed by atoms with Gasteiger partial charge in [0.15, 0.2) is 0 Å². The van der Waals surface area contributed by atoms with Crippen LogP contribution in [0.15, 0.2) is 6.07 Å². The van der Waals surface area contributed by atoms with E-state index in [4.69, 9.17) is 0 Å². The Labute approximate surface area is 80.0 Å². The van der Waals surface area contributed by atoms with Gasteiger partial charge in [0.1, 0.15) is 0 Å². The highest BCUT2D eigenvalue weighted by molar-refractivity contribution is 5.17. The third-order valence-corrected chi connectivity index (χ3v) is 2.58. The molecule has 72 valence electrons. The van der Waals surface area contributed by atoms with Gasteiger partial charge in [0.25, 0.3) is 0 Å². The van der Waals surface area contributed by atoms with Gasteiger partial charge in [-0.1, -0.05) is 20.8 Å². The molecule has 0 atom stereocenters. The van der Waals surface area contributed by atoms with Crippen molar-refractivity contribution in [3.8, 4) is 0 Å². The zero-order valence-corrected chi connectivity index (χ0v) is 8.96. The maximum absolute atomic E-state index is 4.66. The highest BCUT2D eigenvalue weighted by Gasteiger charge is 2.28. The molecule has 0 amide bonds. The summed E-state index contributed by atoms with van der Waals surface area (Å²) >= 11 is 0. The van der Waals surface area contributed by atoms with Crippen LogP contribution < -0.4 is 0 Å². The Kier molecular flexibility index (Phi) is 1.76. The summed E-state index contributed by atoms with van der Waals surface area (Å²) in [5, 5.41) is 4.66. The van der Waals surface area contributed by atoms with E-state index in [2.05, 4.69) is 43.5 Å². The standard InChI is InChI=1S/C11H18N2/c1-8-7-10(11(2,3)4)12-13(8)9-5-6-9/h7,9H,5-6H2,1-4H3. The van der Waals surface area contributed by atoms with Crippen LogP contribution in [0.1, 0.15) is 51.0 Å². The molecule has 1 fully saturated rings. The highest BCUT2D eigenvalue weighted by atomic mass is 15.3. The Hall–Kier alpha value is -0.790. The lowest BCUT2D eigenvalue weighted by atomic mass is 9.92. The molecule has 0 aromatic carbocycles. The topological polar surface area (TPSA) is 17.8 Å². The van der Waals surface area contributed by atoms with Crippen LogP contribution in [0.3, 0.4) is 0 Å². The van der Waals surface area contributed by atoms with Crippen molar-refractivity contribution in [1.29, 1.82) is 0 Å². The van der Waals surface area contributed by atoms with Crippen LogP contribution in [0, 0.1) is 6.92 Å². The van der Waals surface area contributed by atoms with Gasteiger partial charge in [-0.3, -0.25) is 4.68 Å². The second kappa shape index (κ2) is 2.60. The lowest BCUT2D eigenvalue weighted by Gasteiger charge is -2.14. The van der Waals surface area contributed by atoms with Crippen molar-refractivity contribution in [3.05, 3.63) is 17.5 Å². The lowest BCUT2D eigenvalue weighted by molar-refractivity contribution is 0.533. The maximum Gasteiger partial charge on any atom is 0.0680 e. The van der Waals surface area contributed by atoms with Gasteiger partial charge in [0.2, 0.25) is 0 Å². The third-order valence-electron chi connectivity index (χ3n) is 2.58. The van der Waals surface area contributed by atoms with Crippen LogP contribution in [-0.4, -0.2) is 9.78 Å². The Morgan fingerprint density at radius 2 is 2.00 bits per heavy atom. The predicted octanol–water partition coefficient (Wildman–Crippen LogP) is 2.82. The molecule has 1 aliphatic rings. The van der Waals surface area contributed by atoms with Crippen LogP contribution in [0.5, 0.6) is 0 Å². The maximum atomic E-state index is 4.66. The summed E-state index contributed by atoms with van der Waals surface area (Å²) in [5.41, 5.74) is 2.72. The fourth-order valence-electron chi connectivity index (χ4n) is 1.54. The van der Waals surface area contributed by atoms with Crippen molar-refractivity contribution in [3.63, 3.8) is 0 Å². The number of hydrogen-bond acceptors (Lipinski definition) is 1. The van der Waals surface area contributed by atoms with E-state index in [9.17, 15) is 0 Å². The molecule has 2 nitrogen and oxygen atoms in total. The van der Waals surface area contributed by atoms with E-state index in [0.29, 0.717) is 6.04 Å². The fraction of sp³-hybridized carbons (Fsp3) is 0.727. The van der Waals surface area contributed by atoms with Gasteiger partial charge in [-0.2, -0.15) is 5.10 Å². The average Bonchev–Trinajstić information content (AvgIpc) is 2.73. The molecule has 1 aromatic rings. The van der Waals surface area contributed by atoms with Crippen LogP contribution in [-0.2, 0) is 5.41 Å². The smallest absolute Gasteiger partial charge is 0.0680 e. The molecular formula is C11H18N2. The normalized spacial score (nSPS) is 17.8.